The number of urea groups is 1. The van der Waals surface area contributed by atoms with Crippen LogP contribution >= 0.6 is 11.8 Å². The molecule has 0 radical (unpaired) electrons. The van der Waals surface area contributed by atoms with Crippen LogP contribution in [0.25, 0.3) is 0 Å². The molecule has 22 heavy (non-hydrogen) atoms. The van der Waals surface area contributed by atoms with Gasteiger partial charge in [-0.25, -0.2) is 4.79 Å². The van der Waals surface area contributed by atoms with Crippen molar-refractivity contribution in [3.63, 3.8) is 0 Å². The number of methoxy groups -OCH3 is 1. The van der Waals surface area contributed by atoms with E-state index in [4.69, 9.17) is 0 Å². The quantitative estimate of drug-likeness (QED) is 0.740. The van der Waals surface area contributed by atoms with E-state index in [1.54, 1.807) is 0 Å². The van der Waals surface area contributed by atoms with E-state index in [-0.39, 0.29) is 17.7 Å². The van der Waals surface area contributed by atoms with Crippen LogP contribution in [0.15, 0.2) is 30.3 Å². The van der Waals surface area contributed by atoms with Gasteiger partial charge in [0.1, 0.15) is 6.54 Å². The molecule has 120 valence electrons. The largest absolute Gasteiger partial charge is 0.468 e. The molecular weight excluding hydrogens is 304 g/mol. The first kappa shape index (κ1) is 18.0. The number of esters is 1. The van der Waals surface area contributed by atoms with E-state index in [1.807, 2.05) is 30.3 Å². The molecule has 7 heteroatoms. The monoisotopic (exact) mass is 324 g/mol. The molecule has 2 amide bonds. The summed E-state index contributed by atoms with van der Waals surface area (Å²) >= 11 is 1.16. The van der Waals surface area contributed by atoms with Crippen molar-refractivity contribution < 1.29 is 19.1 Å². The summed E-state index contributed by atoms with van der Waals surface area (Å²) < 4.78 is 4.45. The van der Waals surface area contributed by atoms with Crippen molar-refractivity contribution in [3.8, 4) is 0 Å². The van der Waals surface area contributed by atoms with E-state index in [2.05, 4.69) is 15.4 Å². The molecule has 0 aliphatic heterocycles. The Balaban J connectivity index is 2.55. The van der Waals surface area contributed by atoms with Gasteiger partial charge in [-0.05, 0) is 12.0 Å². The maximum Gasteiger partial charge on any atom is 0.325 e. The molecule has 0 aliphatic rings. The molecule has 2 N–H and O–H groups in total. The maximum atomic E-state index is 11.8. The summed E-state index contributed by atoms with van der Waals surface area (Å²) in [6, 6.07) is 8.99. The summed E-state index contributed by atoms with van der Waals surface area (Å²) in [5, 5.41) is 5.18. The fourth-order valence-corrected chi connectivity index (χ4v) is 2.37. The lowest BCUT2D eigenvalue weighted by molar-refractivity contribution is -0.139. The lowest BCUT2D eigenvalue weighted by Gasteiger charge is -2.18. The third kappa shape index (κ3) is 7.68. The van der Waals surface area contributed by atoms with Gasteiger partial charge >= 0.3 is 12.0 Å². The normalized spacial score (nSPS) is 11.4. The Kier molecular flexibility index (Phi) is 8.06. The van der Waals surface area contributed by atoms with Crippen LogP contribution in [0, 0.1) is 0 Å². The molecule has 6 nitrogen and oxygen atoms in total. The molecule has 0 aromatic heterocycles. The van der Waals surface area contributed by atoms with E-state index in [1.165, 1.54) is 14.0 Å². The minimum absolute atomic E-state index is 0.00479. The van der Waals surface area contributed by atoms with E-state index in [9.17, 15) is 14.4 Å². The molecule has 1 atom stereocenters. The number of hydrogen-bond donors (Lipinski definition) is 2. The second-order valence-electron chi connectivity index (χ2n) is 4.59. The predicted molar refractivity (Wildman–Crippen MR) is 85.6 cm³/mol. The predicted octanol–water partition coefficient (Wildman–Crippen LogP) is 1.35. The topological polar surface area (TPSA) is 84.5 Å². The minimum atomic E-state index is -0.520. The van der Waals surface area contributed by atoms with Crippen molar-refractivity contribution >= 4 is 28.9 Å². The molecule has 0 fully saturated rings. The van der Waals surface area contributed by atoms with Gasteiger partial charge < -0.3 is 15.4 Å². The zero-order valence-electron chi connectivity index (χ0n) is 12.6. The number of ether oxygens (including phenoxy) is 1. The highest BCUT2D eigenvalue weighted by Crippen LogP contribution is 2.09. The third-order valence-corrected chi connectivity index (χ3v) is 3.74. The molecule has 1 aromatic carbocycles. The Labute approximate surface area is 134 Å². The molecule has 1 aromatic rings. The molecule has 0 heterocycles. The van der Waals surface area contributed by atoms with Gasteiger partial charge in [-0.15, -0.1) is 0 Å². The average molecular weight is 324 g/mol. The summed E-state index contributed by atoms with van der Waals surface area (Å²) in [6.07, 6.45) is 0.604. The van der Waals surface area contributed by atoms with Crippen molar-refractivity contribution in [2.24, 2.45) is 0 Å². The van der Waals surface area contributed by atoms with Crippen molar-refractivity contribution in [1.82, 2.24) is 10.6 Å². The van der Waals surface area contributed by atoms with Crippen LogP contribution in [0.4, 0.5) is 4.79 Å². The van der Waals surface area contributed by atoms with Crippen LogP contribution in [-0.4, -0.2) is 42.6 Å². The Bertz CT molecular complexity index is 508. The molecular formula is C15H20N2O4S. The van der Waals surface area contributed by atoms with Gasteiger partial charge in [0.05, 0.1) is 7.11 Å². The summed E-state index contributed by atoms with van der Waals surface area (Å²) in [7, 11) is 1.25. The summed E-state index contributed by atoms with van der Waals surface area (Å²) in [5.74, 6) is -0.0524. The van der Waals surface area contributed by atoms with Gasteiger partial charge in [0.15, 0.2) is 5.12 Å². The summed E-state index contributed by atoms with van der Waals surface area (Å²) in [6.45, 7) is 1.29. The molecule has 0 bridgehead atoms. The molecule has 0 spiro atoms. The number of rotatable bonds is 7. The van der Waals surface area contributed by atoms with Gasteiger partial charge in [-0.1, -0.05) is 42.1 Å². The van der Waals surface area contributed by atoms with Gasteiger partial charge in [0, 0.05) is 18.7 Å². The highest BCUT2D eigenvalue weighted by Gasteiger charge is 2.15. The number of carbonyl (C=O) groups excluding carboxylic acids is 3. The van der Waals surface area contributed by atoms with Crippen molar-refractivity contribution in [3.05, 3.63) is 35.9 Å². The summed E-state index contributed by atoms with van der Waals surface area (Å²) in [5.41, 5.74) is 1.06. The molecule has 0 saturated heterocycles. The Morgan fingerprint density at radius 2 is 1.91 bits per heavy atom. The van der Waals surface area contributed by atoms with E-state index in [0.717, 1.165) is 17.3 Å². The first-order valence-corrected chi connectivity index (χ1v) is 7.78. The van der Waals surface area contributed by atoms with Crippen molar-refractivity contribution in [1.29, 1.82) is 0 Å². The lowest BCUT2D eigenvalue weighted by Crippen LogP contribution is -2.46. The van der Waals surface area contributed by atoms with Gasteiger partial charge in [0.2, 0.25) is 0 Å². The maximum absolute atomic E-state index is 11.8. The first-order chi connectivity index (χ1) is 10.5. The number of hydrogen-bond acceptors (Lipinski definition) is 5. The second kappa shape index (κ2) is 9.83. The SMILES string of the molecule is COC(=O)CNC(=O)NC(CSC(C)=O)Cc1ccccc1. The Morgan fingerprint density at radius 3 is 2.50 bits per heavy atom. The van der Waals surface area contributed by atoms with E-state index < -0.39 is 12.0 Å². The Morgan fingerprint density at radius 1 is 1.23 bits per heavy atom. The van der Waals surface area contributed by atoms with Crippen LogP contribution in [0.5, 0.6) is 0 Å². The van der Waals surface area contributed by atoms with Crippen LogP contribution < -0.4 is 10.6 Å². The molecule has 1 rings (SSSR count). The number of benzene rings is 1. The van der Waals surface area contributed by atoms with Gasteiger partial charge in [-0.2, -0.15) is 0 Å². The van der Waals surface area contributed by atoms with Gasteiger partial charge in [-0.3, -0.25) is 9.59 Å². The zero-order chi connectivity index (χ0) is 16.4. The Hall–Kier alpha value is -2.02. The van der Waals surface area contributed by atoms with Crippen LogP contribution in [-0.2, 0) is 20.7 Å². The van der Waals surface area contributed by atoms with Crippen molar-refractivity contribution in [2.75, 3.05) is 19.4 Å². The number of amides is 2. The molecule has 0 saturated carbocycles. The minimum Gasteiger partial charge on any atom is -0.468 e. The van der Waals surface area contributed by atoms with Gasteiger partial charge in [0.25, 0.3) is 0 Å². The highest BCUT2D eigenvalue weighted by molar-refractivity contribution is 8.13. The zero-order valence-corrected chi connectivity index (χ0v) is 13.4. The first-order valence-electron chi connectivity index (χ1n) is 6.79. The van der Waals surface area contributed by atoms with Crippen LogP contribution in [0.3, 0.4) is 0 Å². The fourth-order valence-electron chi connectivity index (χ4n) is 1.73. The fraction of sp³-hybridized carbons (Fsp3) is 0.400. The number of carbonyl (C=O) groups is 3. The standard InChI is InChI=1S/C15H20N2O4S/c1-11(18)22-10-13(8-12-6-4-3-5-7-12)17-15(20)16-9-14(19)21-2/h3-7,13H,8-10H2,1-2H3,(H2,16,17,20). The second-order valence-corrected chi connectivity index (χ2v) is 5.79. The summed E-state index contributed by atoms with van der Waals surface area (Å²) in [4.78, 5) is 33.9. The molecule has 0 aliphatic carbocycles. The number of thioether (sulfide) groups is 1. The smallest absolute Gasteiger partial charge is 0.325 e. The van der Waals surface area contributed by atoms with E-state index >= 15 is 0 Å². The van der Waals surface area contributed by atoms with Crippen LogP contribution in [0.2, 0.25) is 0 Å². The lowest BCUT2D eigenvalue weighted by atomic mass is 10.1. The number of nitrogens with one attached hydrogen (secondary N) is 2. The van der Waals surface area contributed by atoms with Crippen LogP contribution in [0.1, 0.15) is 12.5 Å². The van der Waals surface area contributed by atoms with E-state index in [0.29, 0.717) is 12.2 Å². The van der Waals surface area contributed by atoms with Crippen molar-refractivity contribution in [2.45, 2.75) is 19.4 Å². The third-order valence-electron chi connectivity index (χ3n) is 2.77. The average Bonchev–Trinajstić information content (AvgIpc) is 2.51. The molecule has 1 unspecified atom stereocenters. The highest BCUT2D eigenvalue weighted by atomic mass is 32.2.